The summed E-state index contributed by atoms with van der Waals surface area (Å²) in [5, 5.41) is 5.08. The van der Waals surface area contributed by atoms with Gasteiger partial charge in [0.25, 0.3) is 5.91 Å². The quantitative estimate of drug-likeness (QED) is 0.858. The maximum Gasteiger partial charge on any atom is 0.255 e. The minimum Gasteiger partial charge on any atom is -0.353 e. The summed E-state index contributed by atoms with van der Waals surface area (Å²) in [6, 6.07) is 0.220. The maximum atomic E-state index is 13.0. The summed E-state index contributed by atoms with van der Waals surface area (Å²) in [7, 11) is 0. The van der Waals surface area contributed by atoms with Crippen molar-refractivity contribution in [2.24, 2.45) is 5.92 Å². The molecule has 3 rings (SSSR count). The molecule has 1 aliphatic heterocycles. The molecule has 0 aromatic carbocycles. The molecule has 1 aromatic heterocycles. The fraction of sp³-hybridized carbons (Fsp3) is 0.700. The highest BCUT2D eigenvalue weighted by Gasteiger charge is 2.28. The van der Waals surface area contributed by atoms with Crippen molar-refractivity contribution in [1.29, 1.82) is 0 Å². The Bertz CT molecular complexity index is 649. The van der Waals surface area contributed by atoms with E-state index < -0.39 is 0 Å². The SMILES string of the molecule is CCC(C)NC(=O)CN1CCN(C(=O)c2csc3c2CCC(C)C3)CC1. The third kappa shape index (κ3) is 4.46. The summed E-state index contributed by atoms with van der Waals surface area (Å²) in [5.41, 5.74) is 2.23. The van der Waals surface area contributed by atoms with Crippen molar-refractivity contribution in [2.75, 3.05) is 32.7 Å². The Kier molecular flexibility index (Phi) is 6.35. The molecule has 2 unspecified atom stereocenters. The van der Waals surface area contributed by atoms with Crippen LogP contribution in [0.5, 0.6) is 0 Å². The smallest absolute Gasteiger partial charge is 0.255 e. The molecule has 144 valence electrons. The number of piperazine rings is 1. The number of thiophene rings is 1. The lowest BCUT2D eigenvalue weighted by molar-refractivity contribution is -0.123. The molecule has 1 aliphatic carbocycles. The van der Waals surface area contributed by atoms with E-state index in [9.17, 15) is 9.59 Å². The Morgan fingerprint density at radius 3 is 2.73 bits per heavy atom. The summed E-state index contributed by atoms with van der Waals surface area (Å²) in [4.78, 5) is 30.5. The molecule has 0 saturated carbocycles. The van der Waals surface area contributed by atoms with Gasteiger partial charge >= 0.3 is 0 Å². The van der Waals surface area contributed by atoms with E-state index in [2.05, 4.69) is 29.4 Å². The van der Waals surface area contributed by atoms with E-state index in [0.717, 1.165) is 43.8 Å². The van der Waals surface area contributed by atoms with Crippen LogP contribution in [-0.4, -0.2) is 60.4 Å². The Morgan fingerprint density at radius 1 is 1.31 bits per heavy atom. The summed E-state index contributed by atoms with van der Waals surface area (Å²) < 4.78 is 0. The topological polar surface area (TPSA) is 52.7 Å². The average Bonchev–Trinajstić information content (AvgIpc) is 3.04. The highest BCUT2D eigenvalue weighted by molar-refractivity contribution is 7.10. The zero-order valence-corrected chi connectivity index (χ0v) is 17.0. The third-order valence-electron chi connectivity index (χ3n) is 5.68. The maximum absolute atomic E-state index is 13.0. The summed E-state index contributed by atoms with van der Waals surface area (Å²) in [5.74, 6) is 0.995. The van der Waals surface area contributed by atoms with E-state index >= 15 is 0 Å². The van der Waals surface area contributed by atoms with Gasteiger partial charge in [-0.25, -0.2) is 0 Å². The van der Waals surface area contributed by atoms with E-state index in [4.69, 9.17) is 0 Å². The fourth-order valence-electron chi connectivity index (χ4n) is 3.76. The van der Waals surface area contributed by atoms with Crippen LogP contribution in [0.3, 0.4) is 0 Å². The van der Waals surface area contributed by atoms with Gasteiger partial charge in [-0.2, -0.15) is 0 Å². The van der Waals surface area contributed by atoms with Gasteiger partial charge in [-0.1, -0.05) is 13.8 Å². The highest BCUT2D eigenvalue weighted by Crippen LogP contribution is 2.33. The van der Waals surface area contributed by atoms with Crippen molar-refractivity contribution < 1.29 is 9.59 Å². The number of rotatable bonds is 5. The molecule has 2 atom stereocenters. The monoisotopic (exact) mass is 377 g/mol. The Hall–Kier alpha value is -1.40. The van der Waals surface area contributed by atoms with E-state index in [0.29, 0.717) is 19.6 Å². The number of nitrogens with zero attached hydrogens (tertiary/aromatic N) is 2. The first-order valence-corrected chi connectivity index (χ1v) is 10.8. The Morgan fingerprint density at radius 2 is 2.04 bits per heavy atom. The van der Waals surface area contributed by atoms with E-state index in [1.807, 2.05) is 11.8 Å². The van der Waals surface area contributed by atoms with E-state index in [1.165, 1.54) is 16.9 Å². The molecule has 1 fully saturated rings. The van der Waals surface area contributed by atoms with Crippen LogP contribution in [0.1, 0.15) is 54.4 Å². The van der Waals surface area contributed by atoms with Crippen molar-refractivity contribution in [3.8, 4) is 0 Å². The van der Waals surface area contributed by atoms with Gasteiger partial charge in [0.05, 0.1) is 12.1 Å². The fourth-order valence-corrected chi connectivity index (χ4v) is 5.00. The second kappa shape index (κ2) is 8.53. The first-order chi connectivity index (χ1) is 12.5. The molecule has 0 spiro atoms. The number of hydrogen-bond acceptors (Lipinski definition) is 4. The van der Waals surface area contributed by atoms with Crippen molar-refractivity contribution in [3.05, 3.63) is 21.4 Å². The van der Waals surface area contributed by atoms with Crippen LogP contribution in [0.25, 0.3) is 0 Å². The Balaban J connectivity index is 1.52. The minimum absolute atomic E-state index is 0.0835. The number of carbonyl (C=O) groups is 2. The lowest BCUT2D eigenvalue weighted by Gasteiger charge is -2.34. The van der Waals surface area contributed by atoms with Crippen molar-refractivity contribution in [3.63, 3.8) is 0 Å². The molecule has 2 heterocycles. The van der Waals surface area contributed by atoms with Crippen LogP contribution in [0.2, 0.25) is 0 Å². The predicted molar refractivity (Wildman–Crippen MR) is 106 cm³/mol. The molecule has 2 aliphatic rings. The van der Waals surface area contributed by atoms with Crippen LogP contribution in [0.15, 0.2) is 5.38 Å². The zero-order chi connectivity index (χ0) is 18.7. The second-order valence-electron chi connectivity index (χ2n) is 7.84. The first kappa shape index (κ1) is 19.4. The van der Waals surface area contributed by atoms with E-state index in [-0.39, 0.29) is 17.9 Å². The van der Waals surface area contributed by atoms with Crippen LogP contribution in [0.4, 0.5) is 0 Å². The van der Waals surface area contributed by atoms with E-state index in [1.54, 1.807) is 11.3 Å². The van der Waals surface area contributed by atoms with Gasteiger partial charge in [0.15, 0.2) is 0 Å². The molecular formula is C20H31N3O2S. The van der Waals surface area contributed by atoms with Crippen LogP contribution >= 0.6 is 11.3 Å². The van der Waals surface area contributed by atoms with Crippen molar-refractivity contribution in [2.45, 2.75) is 52.5 Å². The van der Waals surface area contributed by atoms with Gasteiger partial charge in [0.1, 0.15) is 0 Å². The average molecular weight is 378 g/mol. The molecule has 1 saturated heterocycles. The van der Waals surface area contributed by atoms with Gasteiger partial charge in [-0.15, -0.1) is 11.3 Å². The number of hydrogen-bond donors (Lipinski definition) is 1. The van der Waals surface area contributed by atoms with Gasteiger partial charge in [-0.3, -0.25) is 14.5 Å². The van der Waals surface area contributed by atoms with Gasteiger partial charge in [0.2, 0.25) is 5.91 Å². The number of fused-ring (bicyclic) bond motifs is 1. The lowest BCUT2D eigenvalue weighted by Crippen LogP contribution is -2.51. The predicted octanol–water partition coefficient (Wildman–Crippen LogP) is 2.55. The van der Waals surface area contributed by atoms with Gasteiger partial charge in [0, 0.05) is 42.5 Å². The molecule has 6 heteroatoms. The molecule has 0 bridgehead atoms. The molecule has 0 radical (unpaired) electrons. The first-order valence-electron chi connectivity index (χ1n) is 9.88. The molecule has 1 N–H and O–H groups in total. The molecular weight excluding hydrogens is 346 g/mol. The number of amides is 2. The molecule has 26 heavy (non-hydrogen) atoms. The van der Waals surface area contributed by atoms with Gasteiger partial charge in [-0.05, 0) is 44.1 Å². The molecule has 1 aromatic rings. The molecule has 5 nitrogen and oxygen atoms in total. The van der Waals surface area contributed by atoms with Crippen LogP contribution < -0.4 is 5.32 Å². The van der Waals surface area contributed by atoms with Crippen LogP contribution in [-0.2, 0) is 17.6 Å². The standard InChI is InChI=1S/C20H31N3O2S/c1-4-15(3)21-19(24)12-22-7-9-23(10-8-22)20(25)17-13-26-18-11-14(2)5-6-16(17)18/h13-15H,4-12H2,1-3H3,(H,21,24). The lowest BCUT2D eigenvalue weighted by atomic mass is 9.88. The summed E-state index contributed by atoms with van der Waals surface area (Å²) in [6.07, 6.45) is 4.28. The minimum atomic E-state index is 0.0835. The van der Waals surface area contributed by atoms with Crippen LogP contribution in [0, 0.1) is 5.92 Å². The third-order valence-corrected chi connectivity index (χ3v) is 6.73. The number of carbonyl (C=O) groups excluding carboxylic acids is 2. The normalized spacial score (nSPS) is 22.0. The second-order valence-corrected chi connectivity index (χ2v) is 8.81. The summed E-state index contributed by atoms with van der Waals surface area (Å²) in [6.45, 7) is 9.76. The van der Waals surface area contributed by atoms with Gasteiger partial charge < -0.3 is 10.2 Å². The Labute approximate surface area is 160 Å². The summed E-state index contributed by atoms with van der Waals surface area (Å²) >= 11 is 1.75. The largest absolute Gasteiger partial charge is 0.353 e. The molecule has 2 amide bonds. The number of nitrogens with one attached hydrogen (secondary N) is 1. The van der Waals surface area contributed by atoms with Crippen molar-refractivity contribution in [1.82, 2.24) is 15.1 Å². The van der Waals surface area contributed by atoms with Crippen molar-refractivity contribution >= 4 is 23.2 Å². The zero-order valence-electron chi connectivity index (χ0n) is 16.2. The highest BCUT2D eigenvalue weighted by atomic mass is 32.1.